The number of benzene rings is 3. The van der Waals surface area contributed by atoms with Gasteiger partial charge in [-0.05, 0) is 48.9 Å². The second-order valence-corrected chi connectivity index (χ2v) is 9.27. The summed E-state index contributed by atoms with van der Waals surface area (Å²) in [5.41, 5.74) is 1.06. The molecule has 3 amide bonds. The average molecular weight is 574 g/mol. The highest BCUT2D eigenvalue weighted by Crippen LogP contribution is 2.34. The molecule has 0 saturated heterocycles. The molecule has 0 fully saturated rings. The van der Waals surface area contributed by atoms with Crippen molar-refractivity contribution in [2.24, 2.45) is 0 Å². The number of aryl methyl sites for hydroxylation is 1. The highest BCUT2D eigenvalue weighted by Gasteiger charge is 2.39. The molecule has 0 aliphatic carbocycles. The minimum Gasteiger partial charge on any atom is -0.545 e. The van der Waals surface area contributed by atoms with Crippen LogP contribution in [0, 0.1) is 6.92 Å². The van der Waals surface area contributed by atoms with Crippen LogP contribution in [0.2, 0.25) is 10.0 Å². The monoisotopic (exact) mass is 572 g/mol. The van der Waals surface area contributed by atoms with Gasteiger partial charge in [-0.25, -0.2) is 4.90 Å². The van der Waals surface area contributed by atoms with Crippen LogP contribution in [0.15, 0.2) is 65.3 Å². The van der Waals surface area contributed by atoms with E-state index in [0.717, 1.165) is 11.0 Å². The molecule has 12 heteroatoms. The summed E-state index contributed by atoms with van der Waals surface area (Å²) in [4.78, 5) is 51.0. The van der Waals surface area contributed by atoms with E-state index in [1.54, 1.807) is 31.2 Å². The molecule has 1 heterocycles. The number of carbonyl (C=O) groups is 4. The van der Waals surface area contributed by atoms with Crippen LogP contribution in [-0.4, -0.2) is 30.8 Å². The molecule has 3 aromatic rings. The Hall–Kier alpha value is -4.05. The normalized spacial score (nSPS) is 13.1. The Labute approximate surface area is 231 Å². The highest BCUT2D eigenvalue weighted by atomic mass is 35.5. The van der Waals surface area contributed by atoms with Gasteiger partial charge in [-0.1, -0.05) is 46.9 Å². The Bertz CT molecular complexity index is 1550. The van der Waals surface area contributed by atoms with Crippen molar-refractivity contribution in [2.45, 2.75) is 6.92 Å². The molecule has 1 aliphatic rings. The van der Waals surface area contributed by atoms with Gasteiger partial charge in [-0.15, -0.1) is 0 Å². The number of imide groups is 1. The second-order valence-electron chi connectivity index (χ2n) is 8.05. The molecule has 4 rings (SSSR count). The molecule has 0 saturated carbocycles. The van der Waals surface area contributed by atoms with Crippen LogP contribution in [-0.2, 0) is 9.59 Å². The van der Waals surface area contributed by atoms with Gasteiger partial charge >= 0.3 is 0 Å². The smallest absolute Gasteiger partial charge is 0.283 e. The third-order valence-corrected chi connectivity index (χ3v) is 6.49. The summed E-state index contributed by atoms with van der Waals surface area (Å²) in [7, 11) is 1.26. The zero-order chi connectivity index (χ0) is 27.7. The van der Waals surface area contributed by atoms with Gasteiger partial charge in [0.15, 0.2) is 0 Å². The number of nitrogens with zero attached hydrogens (tertiary/aromatic N) is 1. The largest absolute Gasteiger partial charge is 0.545 e. The molecular formula is C26H17Cl3N3O6-. The Morgan fingerprint density at radius 1 is 0.974 bits per heavy atom. The number of rotatable bonds is 7. The fraction of sp³-hybridized carbons (Fsp3) is 0.0769. The van der Waals surface area contributed by atoms with Crippen LogP contribution < -0.4 is 25.4 Å². The van der Waals surface area contributed by atoms with Crippen LogP contribution in [0.25, 0.3) is 0 Å². The number of hydrogen-bond acceptors (Lipinski definition) is 7. The fourth-order valence-electron chi connectivity index (χ4n) is 3.71. The molecule has 3 aromatic carbocycles. The first-order chi connectivity index (χ1) is 18.0. The lowest BCUT2D eigenvalue weighted by molar-refractivity contribution is -0.255. The number of methoxy groups -OCH3 is 1. The number of anilines is 3. The van der Waals surface area contributed by atoms with Crippen LogP contribution in [0.1, 0.15) is 26.3 Å². The molecule has 1 aliphatic heterocycles. The lowest BCUT2D eigenvalue weighted by Crippen LogP contribution is -2.32. The summed E-state index contributed by atoms with van der Waals surface area (Å²) in [6.07, 6.45) is 0. The maximum Gasteiger partial charge on any atom is 0.283 e. The van der Waals surface area contributed by atoms with E-state index in [4.69, 9.17) is 39.5 Å². The topological polar surface area (TPSA) is 128 Å². The number of ether oxygens (including phenoxy) is 1. The molecule has 2 N–H and O–H groups in total. The van der Waals surface area contributed by atoms with E-state index < -0.39 is 23.7 Å². The van der Waals surface area contributed by atoms with Gasteiger partial charge in [0.05, 0.1) is 29.5 Å². The van der Waals surface area contributed by atoms with Crippen LogP contribution in [0.4, 0.5) is 17.1 Å². The molecule has 38 heavy (non-hydrogen) atoms. The second kappa shape index (κ2) is 10.7. The van der Waals surface area contributed by atoms with E-state index in [0.29, 0.717) is 22.0 Å². The third-order valence-electron chi connectivity index (χ3n) is 5.59. The summed E-state index contributed by atoms with van der Waals surface area (Å²) in [5.74, 6) is -3.54. The number of nitrogens with one attached hydrogen (secondary N) is 2. The Kier molecular flexibility index (Phi) is 7.63. The predicted octanol–water partition coefficient (Wildman–Crippen LogP) is 4.36. The highest BCUT2D eigenvalue weighted by molar-refractivity contribution is 6.53. The molecular weight excluding hydrogens is 557 g/mol. The van der Waals surface area contributed by atoms with Crippen molar-refractivity contribution < 1.29 is 29.0 Å². The van der Waals surface area contributed by atoms with Gasteiger partial charge in [0.25, 0.3) is 17.7 Å². The van der Waals surface area contributed by atoms with E-state index in [1.807, 2.05) is 0 Å². The van der Waals surface area contributed by atoms with Crippen molar-refractivity contribution in [3.05, 3.63) is 92.1 Å². The van der Waals surface area contributed by atoms with Crippen molar-refractivity contribution in [3.63, 3.8) is 0 Å². The number of carboxylic acid groups (broad SMARTS) is 1. The van der Waals surface area contributed by atoms with Gasteiger partial charge in [-0.2, -0.15) is 0 Å². The summed E-state index contributed by atoms with van der Waals surface area (Å²) in [6, 6.07) is 13.2. The average Bonchev–Trinajstić information content (AvgIpc) is 3.09. The summed E-state index contributed by atoms with van der Waals surface area (Å²) in [5, 5.41) is 16.6. The minimum atomic E-state index is -1.49. The Morgan fingerprint density at radius 2 is 1.71 bits per heavy atom. The van der Waals surface area contributed by atoms with Gasteiger partial charge in [-0.3, -0.25) is 14.4 Å². The SMILES string of the molecule is COc1cc(NC(=O)c2cccc(NC3=C(Cl)C(=O)N(c4cc(Cl)ccc4C)C3=O)c2)c(Cl)cc1C(=O)[O-]. The Balaban J connectivity index is 1.57. The zero-order valence-electron chi connectivity index (χ0n) is 19.7. The standard InChI is InChI=1S/C26H18Cl3N3O6/c1-12-6-7-14(27)9-19(12)32-24(34)21(29)22(25(32)35)30-15-5-3-4-13(8-15)23(33)31-18-11-20(38-2)16(26(36)37)10-17(18)28/h3-11,30H,1-2H3,(H,31,33)(H,36,37)/p-1. The molecule has 0 radical (unpaired) electrons. The minimum absolute atomic E-state index is 0.0453. The summed E-state index contributed by atoms with van der Waals surface area (Å²) < 4.78 is 5.04. The number of hydrogen-bond donors (Lipinski definition) is 2. The maximum atomic E-state index is 13.1. The zero-order valence-corrected chi connectivity index (χ0v) is 22.0. The van der Waals surface area contributed by atoms with Crippen molar-refractivity contribution in [1.82, 2.24) is 0 Å². The van der Waals surface area contributed by atoms with Crippen molar-refractivity contribution >= 4 is 75.6 Å². The van der Waals surface area contributed by atoms with Crippen molar-refractivity contribution in [1.29, 1.82) is 0 Å². The van der Waals surface area contributed by atoms with Gasteiger partial charge < -0.3 is 25.3 Å². The van der Waals surface area contributed by atoms with Crippen LogP contribution >= 0.6 is 34.8 Å². The lowest BCUT2D eigenvalue weighted by Gasteiger charge is -2.18. The van der Waals surface area contributed by atoms with Gasteiger partial charge in [0, 0.05) is 27.9 Å². The first-order valence-electron chi connectivity index (χ1n) is 10.8. The van der Waals surface area contributed by atoms with Crippen LogP contribution in [0.5, 0.6) is 5.75 Å². The number of amides is 3. The summed E-state index contributed by atoms with van der Waals surface area (Å²) >= 11 is 18.4. The molecule has 0 aromatic heterocycles. The quantitative estimate of drug-likeness (QED) is 0.402. The van der Waals surface area contributed by atoms with E-state index in [2.05, 4.69) is 10.6 Å². The maximum absolute atomic E-state index is 13.1. The number of aromatic carboxylic acids is 1. The lowest BCUT2D eigenvalue weighted by atomic mass is 10.1. The summed E-state index contributed by atoms with van der Waals surface area (Å²) in [6.45, 7) is 1.72. The van der Waals surface area contributed by atoms with Crippen LogP contribution in [0.3, 0.4) is 0 Å². The Morgan fingerprint density at radius 3 is 2.39 bits per heavy atom. The third kappa shape index (κ3) is 5.17. The molecule has 0 bridgehead atoms. The van der Waals surface area contributed by atoms with E-state index >= 15 is 0 Å². The first-order valence-corrected chi connectivity index (χ1v) is 12.0. The van der Waals surface area contributed by atoms with Crippen molar-refractivity contribution in [2.75, 3.05) is 22.6 Å². The molecule has 0 unspecified atom stereocenters. The molecule has 194 valence electrons. The molecule has 0 spiro atoms. The van der Waals surface area contributed by atoms with E-state index in [1.165, 1.54) is 31.4 Å². The molecule has 0 atom stereocenters. The fourth-order valence-corrected chi connectivity index (χ4v) is 4.30. The predicted molar refractivity (Wildman–Crippen MR) is 142 cm³/mol. The number of halogens is 3. The number of carboxylic acids is 1. The van der Waals surface area contributed by atoms with Crippen molar-refractivity contribution in [3.8, 4) is 5.75 Å². The van der Waals surface area contributed by atoms with E-state index in [-0.39, 0.29) is 38.3 Å². The first kappa shape index (κ1) is 27.0. The van der Waals surface area contributed by atoms with Gasteiger partial charge in [0.2, 0.25) is 0 Å². The van der Waals surface area contributed by atoms with Gasteiger partial charge in [0.1, 0.15) is 16.5 Å². The number of carbonyl (C=O) groups excluding carboxylic acids is 4. The van der Waals surface area contributed by atoms with E-state index in [9.17, 15) is 24.3 Å². The molecule has 9 nitrogen and oxygen atoms in total.